The van der Waals surface area contributed by atoms with E-state index in [1.807, 2.05) is 13.2 Å². The number of hydrogen-bond acceptors (Lipinski definition) is 9. The molecule has 2 N–H and O–H groups in total. The minimum absolute atomic E-state index is 0.0478. The second kappa shape index (κ2) is 7.65. The number of carbonyl (C=O) groups excluding carboxylic acids is 1. The summed E-state index contributed by atoms with van der Waals surface area (Å²) in [6.07, 6.45) is 5.44. The summed E-state index contributed by atoms with van der Waals surface area (Å²) >= 11 is 3.05. The van der Waals surface area contributed by atoms with Crippen LogP contribution >= 0.6 is 23.1 Å². The molecule has 1 atom stereocenters. The molecule has 0 fully saturated rings. The molecule has 0 bridgehead atoms. The molecule has 1 aliphatic heterocycles. The zero-order chi connectivity index (χ0) is 20.7. The molecule has 2 aromatic heterocycles. The molecule has 0 aromatic carbocycles. The summed E-state index contributed by atoms with van der Waals surface area (Å²) in [5, 5.41) is 23.7. The number of aryl methyl sites for hydroxylation is 1. The molecule has 10 heteroatoms. The normalized spacial score (nSPS) is 19.8. The Labute approximate surface area is 177 Å². The molecule has 29 heavy (non-hydrogen) atoms. The van der Waals surface area contributed by atoms with Gasteiger partial charge in [-0.25, -0.2) is 0 Å². The fourth-order valence-electron chi connectivity index (χ4n) is 3.77. The first kappa shape index (κ1) is 19.7. The summed E-state index contributed by atoms with van der Waals surface area (Å²) in [7, 11) is 1.81. The second-order valence-electron chi connectivity index (χ2n) is 7.28. The van der Waals surface area contributed by atoms with Crippen LogP contribution in [0.5, 0.6) is 0 Å². The molecule has 150 valence electrons. The Morgan fingerprint density at radius 1 is 1.38 bits per heavy atom. The summed E-state index contributed by atoms with van der Waals surface area (Å²) in [5.41, 5.74) is 9.10. The van der Waals surface area contributed by atoms with E-state index in [1.165, 1.54) is 11.3 Å². The Morgan fingerprint density at radius 3 is 2.83 bits per heavy atom. The molecule has 1 aliphatic carbocycles. The molecule has 2 aliphatic rings. The molecule has 8 nitrogen and oxygen atoms in total. The van der Waals surface area contributed by atoms with Crippen molar-refractivity contribution in [3.05, 3.63) is 40.6 Å². The molecular weight excluding hydrogens is 406 g/mol. The van der Waals surface area contributed by atoms with Crippen LogP contribution in [0.4, 0.5) is 5.13 Å². The zero-order valence-electron chi connectivity index (χ0n) is 16.4. The Bertz CT molecular complexity index is 1070. The molecule has 3 heterocycles. The first-order chi connectivity index (χ1) is 13.9. The highest BCUT2D eigenvalue weighted by atomic mass is 32.2. The van der Waals surface area contributed by atoms with Crippen molar-refractivity contribution in [2.24, 2.45) is 12.8 Å². The molecular formula is C19H21N7OS2. The highest BCUT2D eigenvalue weighted by molar-refractivity contribution is 8.01. The number of anilines is 1. The maximum absolute atomic E-state index is 13.0. The van der Waals surface area contributed by atoms with E-state index in [1.54, 1.807) is 27.5 Å². The number of nitrogens with zero attached hydrogens (tertiary/aromatic N) is 6. The number of rotatable bonds is 4. The van der Waals surface area contributed by atoms with Gasteiger partial charge in [0.2, 0.25) is 5.13 Å². The monoisotopic (exact) mass is 427 g/mol. The van der Waals surface area contributed by atoms with Crippen LogP contribution in [-0.4, -0.2) is 31.0 Å². The van der Waals surface area contributed by atoms with Crippen LogP contribution in [0.25, 0.3) is 0 Å². The summed E-state index contributed by atoms with van der Waals surface area (Å²) in [5.74, 6) is -0.135. The van der Waals surface area contributed by atoms with Gasteiger partial charge in [0.05, 0.1) is 23.8 Å². The number of hydrogen-bond donors (Lipinski definition) is 1. The van der Waals surface area contributed by atoms with Gasteiger partial charge in [-0.2, -0.15) is 10.4 Å². The van der Waals surface area contributed by atoms with E-state index in [9.17, 15) is 10.1 Å². The fourth-order valence-corrected chi connectivity index (χ4v) is 5.87. The van der Waals surface area contributed by atoms with Crippen LogP contribution in [0.1, 0.15) is 44.6 Å². The van der Waals surface area contributed by atoms with E-state index in [2.05, 4.69) is 35.2 Å². The SMILES string of the molecule is CC(C)Sc1nnc(N2C(N)=C(C#N)[C@@H](c3cnn(C)c3)C3=C2CCCC3=O)s1. The Hall–Kier alpha value is -2.64. The van der Waals surface area contributed by atoms with E-state index in [4.69, 9.17) is 5.73 Å². The molecule has 0 saturated carbocycles. The van der Waals surface area contributed by atoms with Crippen LogP contribution in [-0.2, 0) is 11.8 Å². The predicted octanol–water partition coefficient (Wildman–Crippen LogP) is 3.08. The lowest BCUT2D eigenvalue weighted by molar-refractivity contribution is -0.116. The number of allylic oxidation sites excluding steroid dienone is 3. The van der Waals surface area contributed by atoms with Crippen LogP contribution in [0, 0.1) is 11.3 Å². The van der Waals surface area contributed by atoms with Crippen LogP contribution in [0.2, 0.25) is 0 Å². The standard InChI is InChI=1S/C19H21N7OS2/c1-10(2)28-19-24-23-18(29-19)26-13-5-4-6-14(27)16(13)15(12(7-20)17(26)21)11-8-22-25(3)9-11/h8-10,15H,4-6,21H2,1-3H3/t15-/m1/s1. The minimum Gasteiger partial charge on any atom is -0.384 e. The highest BCUT2D eigenvalue weighted by Crippen LogP contribution is 2.47. The summed E-state index contributed by atoms with van der Waals surface area (Å²) in [6, 6.07) is 2.24. The molecule has 0 radical (unpaired) electrons. The van der Waals surface area contributed by atoms with E-state index in [-0.39, 0.29) is 5.78 Å². The zero-order valence-corrected chi connectivity index (χ0v) is 18.0. The van der Waals surface area contributed by atoms with Crippen molar-refractivity contribution in [1.29, 1.82) is 5.26 Å². The van der Waals surface area contributed by atoms with Crippen LogP contribution in [0.15, 0.2) is 39.4 Å². The average molecular weight is 428 g/mol. The summed E-state index contributed by atoms with van der Waals surface area (Å²) in [6.45, 7) is 4.18. The van der Waals surface area contributed by atoms with Crippen molar-refractivity contribution < 1.29 is 4.79 Å². The van der Waals surface area contributed by atoms with E-state index in [0.717, 1.165) is 22.0 Å². The third-order valence-electron chi connectivity index (χ3n) is 4.90. The van der Waals surface area contributed by atoms with E-state index >= 15 is 0 Å². The molecule has 0 unspecified atom stereocenters. The largest absolute Gasteiger partial charge is 0.384 e. The van der Waals surface area contributed by atoms with Crippen molar-refractivity contribution in [1.82, 2.24) is 20.0 Å². The lowest BCUT2D eigenvalue weighted by Crippen LogP contribution is -2.38. The van der Waals surface area contributed by atoms with E-state index < -0.39 is 5.92 Å². The van der Waals surface area contributed by atoms with Gasteiger partial charge in [0.25, 0.3) is 0 Å². The van der Waals surface area contributed by atoms with Gasteiger partial charge in [-0.3, -0.25) is 14.4 Å². The quantitative estimate of drug-likeness (QED) is 0.741. The number of thioether (sulfide) groups is 1. The van der Waals surface area contributed by atoms with Crippen molar-refractivity contribution in [2.45, 2.75) is 48.6 Å². The number of Topliss-reactive ketones (excluding diaryl/α,β-unsaturated/α-hetero) is 1. The third-order valence-corrected chi connectivity index (χ3v) is 6.89. The molecule has 0 spiro atoms. The first-order valence-corrected chi connectivity index (χ1v) is 11.0. The highest BCUT2D eigenvalue weighted by Gasteiger charge is 2.41. The number of ketones is 1. The van der Waals surface area contributed by atoms with Crippen molar-refractivity contribution in [3.8, 4) is 6.07 Å². The van der Waals surface area contributed by atoms with Crippen molar-refractivity contribution in [3.63, 3.8) is 0 Å². The van der Waals surface area contributed by atoms with Gasteiger partial charge in [0, 0.05) is 41.7 Å². The topological polar surface area (TPSA) is 114 Å². The smallest absolute Gasteiger partial charge is 0.219 e. The third kappa shape index (κ3) is 3.45. The number of nitrogens with two attached hydrogens (primary N) is 1. The Morgan fingerprint density at radius 2 is 2.17 bits per heavy atom. The van der Waals surface area contributed by atoms with E-state index in [0.29, 0.717) is 40.2 Å². The lowest BCUT2D eigenvalue weighted by atomic mass is 9.76. The maximum Gasteiger partial charge on any atom is 0.219 e. The molecule has 2 aromatic rings. The van der Waals surface area contributed by atoms with Gasteiger partial charge >= 0.3 is 0 Å². The van der Waals surface area contributed by atoms with Gasteiger partial charge in [-0.1, -0.05) is 36.9 Å². The predicted molar refractivity (Wildman–Crippen MR) is 112 cm³/mol. The Kier molecular flexibility index (Phi) is 5.19. The van der Waals surface area contributed by atoms with Gasteiger partial charge < -0.3 is 5.73 Å². The number of nitriles is 1. The van der Waals surface area contributed by atoms with Gasteiger partial charge in [0.1, 0.15) is 5.82 Å². The molecule has 0 amide bonds. The summed E-state index contributed by atoms with van der Waals surface area (Å²) < 4.78 is 2.50. The van der Waals surface area contributed by atoms with Crippen LogP contribution < -0.4 is 10.6 Å². The van der Waals surface area contributed by atoms with Crippen LogP contribution in [0.3, 0.4) is 0 Å². The average Bonchev–Trinajstić information content (AvgIpc) is 3.29. The maximum atomic E-state index is 13.0. The fraction of sp³-hybridized carbons (Fsp3) is 0.421. The Balaban J connectivity index is 1.88. The number of aromatic nitrogens is 4. The lowest BCUT2D eigenvalue weighted by Gasteiger charge is -2.37. The minimum atomic E-state index is -0.495. The van der Waals surface area contributed by atoms with Gasteiger partial charge in [-0.05, 0) is 12.8 Å². The van der Waals surface area contributed by atoms with Gasteiger partial charge in [0.15, 0.2) is 10.1 Å². The second-order valence-corrected chi connectivity index (χ2v) is 10.1. The van der Waals surface area contributed by atoms with Crippen molar-refractivity contribution in [2.75, 3.05) is 4.90 Å². The summed E-state index contributed by atoms with van der Waals surface area (Å²) in [4.78, 5) is 14.8. The number of carbonyl (C=O) groups is 1. The first-order valence-electron chi connectivity index (χ1n) is 9.35. The molecule has 0 saturated heterocycles. The van der Waals surface area contributed by atoms with Crippen molar-refractivity contribution >= 4 is 34.0 Å². The molecule has 4 rings (SSSR count). The van der Waals surface area contributed by atoms with Gasteiger partial charge in [-0.15, -0.1) is 10.2 Å².